The monoisotopic (exact) mass is 740 g/mol. The molecule has 4 heteroatoms. The lowest BCUT2D eigenvalue weighted by molar-refractivity contribution is 0.447. The van der Waals surface area contributed by atoms with Crippen LogP contribution >= 0.6 is 0 Å². The van der Waals surface area contributed by atoms with E-state index in [0.29, 0.717) is 0 Å². The fraction of sp³-hybridized carbons (Fsp3) is 0. The van der Waals surface area contributed by atoms with Crippen molar-refractivity contribution >= 4 is 23.1 Å². The fourth-order valence-corrected chi connectivity index (χ4v) is 9.18. The van der Waals surface area contributed by atoms with E-state index in [1.807, 2.05) is 0 Å². The van der Waals surface area contributed by atoms with E-state index in [1.165, 1.54) is 0 Å². The molecule has 270 valence electrons. The number of rotatable bonds is 6. The molecule has 3 nitrogen and oxygen atoms in total. The summed E-state index contributed by atoms with van der Waals surface area (Å²) in [7, 11) is 0. The molecule has 3 aliphatic heterocycles. The van der Waals surface area contributed by atoms with Gasteiger partial charge in [0.2, 0.25) is 0 Å². The predicted octanol–water partition coefficient (Wildman–Crippen LogP) is 12.5. The van der Waals surface area contributed by atoms with Crippen molar-refractivity contribution in [1.29, 1.82) is 0 Å². The van der Waals surface area contributed by atoms with Crippen LogP contribution in [0.25, 0.3) is 66.8 Å². The first-order valence-electron chi connectivity index (χ1n) is 19.8. The molecule has 0 amide bonds. The Morgan fingerprint density at radius 3 is 0.569 bits per heavy atom. The summed E-state index contributed by atoms with van der Waals surface area (Å²) in [5, 5.41) is 0. The summed E-state index contributed by atoms with van der Waals surface area (Å²) in [4.78, 5) is 0. The van der Waals surface area contributed by atoms with Crippen molar-refractivity contribution in [3.05, 3.63) is 200 Å². The maximum absolute atomic E-state index is 7.47. The van der Waals surface area contributed by atoms with Crippen molar-refractivity contribution in [1.82, 2.24) is 0 Å². The van der Waals surface area contributed by atoms with Gasteiger partial charge in [0.25, 0.3) is 6.71 Å². The van der Waals surface area contributed by atoms with Crippen molar-refractivity contribution in [3.63, 3.8) is 0 Å². The summed E-state index contributed by atoms with van der Waals surface area (Å²) in [6.45, 7) is -0.278. The third-order valence-corrected chi connectivity index (χ3v) is 11.8. The Balaban J connectivity index is 1.28. The first-order chi connectivity index (χ1) is 28.8. The van der Waals surface area contributed by atoms with Crippen LogP contribution < -0.4 is 30.6 Å². The van der Waals surface area contributed by atoms with E-state index in [4.69, 9.17) is 14.2 Å². The standard InChI is InChI=1S/C54H33BO3/c1-7-19-34(20-8-1)40-31-41(35-21-9-2-10-22-35)50-46-49(40)56-51-42(36-23-11-3-12-24-36)32-43(37-25-13-4-14-26-37)52-47(51)55(46)48-53(57-50)44(38-27-15-5-16-28-38)33-45(54(48)58-52)39-29-17-6-18-30-39/h1-33H. The van der Waals surface area contributed by atoms with Crippen LogP contribution in [0.5, 0.6) is 34.5 Å². The molecule has 0 aliphatic carbocycles. The van der Waals surface area contributed by atoms with Gasteiger partial charge in [-0.1, -0.05) is 182 Å². The van der Waals surface area contributed by atoms with Crippen LogP contribution in [0, 0.1) is 0 Å². The van der Waals surface area contributed by atoms with Crippen LogP contribution in [0.15, 0.2) is 200 Å². The van der Waals surface area contributed by atoms with Gasteiger partial charge in [-0.05, 0) is 51.6 Å². The zero-order valence-corrected chi connectivity index (χ0v) is 31.4. The maximum atomic E-state index is 7.47. The van der Waals surface area contributed by atoms with Crippen molar-refractivity contribution < 1.29 is 14.2 Å². The topological polar surface area (TPSA) is 27.7 Å². The molecule has 0 fully saturated rings. The first-order valence-corrected chi connectivity index (χ1v) is 19.8. The first kappa shape index (κ1) is 32.7. The summed E-state index contributed by atoms with van der Waals surface area (Å²) >= 11 is 0. The molecule has 0 spiro atoms. The molecule has 0 saturated heterocycles. The van der Waals surface area contributed by atoms with Crippen molar-refractivity contribution in [2.24, 2.45) is 0 Å². The van der Waals surface area contributed by atoms with Gasteiger partial charge in [-0.25, -0.2) is 0 Å². The summed E-state index contributed by atoms with van der Waals surface area (Å²) in [6.07, 6.45) is 0. The molecular formula is C54H33BO3. The van der Waals surface area contributed by atoms with Gasteiger partial charge in [0.1, 0.15) is 34.5 Å². The minimum absolute atomic E-state index is 0.278. The van der Waals surface area contributed by atoms with E-state index in [1.54, 1.807) is 0 Å². The van der Waals surface area contributed by atoms with Crippen molar-refractivity contribution in [3.8, 4) is 101 Å². The highest BCUT2D eigenvalue weighted by Crippen LogP contribution is 2.55. The van der Waals surface area contributed by atoms with E-state index < -0.39 is 0 Å². The highest BCUT2D eigenvalue weighted by Gasteiger charge is 2.51. The van der Waals surface area contributed by atoms with Gasteiger partial charge in [-0.2, -0.15) is 0 Å². The van der Waals surface area contributed by atoms with Gasteiger partial charge in [0.15, 0.2) is 0 Å². The van der Waals surface area contributed by atoms with Crippen LogP contribution in [0.1, 0.15) is 0 Å². The van der Waals surface area contributed by atoms with Crippen LogP contribution in [0.3, 0.4) is 0 Å². The molecule has 12 rings (SSSR count). The average molecular weight is 741 g/mol. The number of hydrogen-bond donors (Lipinski definition) is 0. The number of benzene rings is 9. The van der Waals surface area contributed by atoms with E-state index >= 15 is 0 Å². The maximum Gasteiger partial charge on any atom is 0.270 e. The lowest BCUT2D eigenvalue weighted by Gasteiger charge is -2.41. The summed E-state index contributed by atoms with van der Waals surface area (Å²) in [5.74, 6) is 4.83. The predicted molar refractivity (Wildman–Crippen MR) is 237 cm³/mol. The quantitative estimate of drug-likeness (QED) is 0.159. The normalized spacial score (nSPS) is 12.5. The Morgan fingerprint density at radius 1 is 0.224 bits per heavy atom. The van der Waals surface area contributed by atoms with Crippen LogP contribution in [0.4, 0.5) is 0 Å². The number of ether oxygens (including phenoxy) is 3. The summed E-state index contributed by atoms with van der Waals surface area (Å²) in [6, 6.07) is 70.3. The number of hydrogen-bond acceptors (Lipinski definition) is 3. The Kier molecular flexibility index (Phi) is 7.33. The molecule has 0 saturated carbocycles. The second-order valence-corrected chi connectivity index (χ2v) is 15.1. The molecule has 0 bridgehead atoms. The highest BCUT2D eigenvalue weighted by molar-refractivity contribution is 7.00. The Hall–Kier alpha value is -7.56. The average Bonchev–Trinajstić information content (AvgIpc) is 3.31. The Morgan fingerprint density at radius 2 is 0.397 bits per heavy atom. The van der Waals surface area contributed by atoms with E-state index in [-0.39, 0.29) is 6.71 Å². The lowest BCUT2D eigenvalue weighted by Crippen LogP contribution is -2.60. The molecule has 0 aromatic heterocycles. The van der Waals surface area contributed by atoms with Gasteiger partial charge in [0.05, 0.1) is 0 Å². The second kappa shape index (κ2) is 13.0. The molecule has 3 aliphatic rings. The molecule has 58 heavy (non-hydrogen) atoms. The van der Waals surface area contributed by atoms with Crippen LogP contribution in [-0.2, 0) is 0 Å². The van der Waals surface area contributed by atoms with Gasteiger partial charge in [-0.3, -0.25) is 0 Å². The molecular weight excluding hydrogens is 707 g/mol. The minimum atomic E-state index is -0.278. The third kappa shape index (κ3) is 4.95. The summed E-state index contributed by atoms with van der Waals surface area (Å²) < 4.78 is 22.4. The second-order valence-electron chi connectivity index (χ2n) is 15.1. The molecule has 9 aromatic rings. The Labute approximate surface area is 337 Å². The largest absolute Gasteiger partial charge is 0.457 e. The van der Waals surface area contributed by atoms with Gasteiger partial charge >= 0.3 is 0 Å². The smallest absolute Gasteiger partial charge is 0.270 e. The Bertz CT molecular complexity index is 2520. The molecule has 3 heterocycles. The zero-order valence-electron chi connectivity index (χ0n) is 31.4. The molecule has 9 aromatic carbocycles. The minimum Gasteiger partial charge on any atom is -0.457 e. The molecule has 0 radical (unpaired) electrons. The molecule has 0 N–H and O–H groups in total. The fourth-order valence-electron chi connectivity index (χ4n) is 9.18. The van der Waals surface area contributed by atoms with E-state index in [2.05, 4.69) is 200 Å². The van der Waals surface area contributed by atoms with E-state index in [9.17, 15) is 0 Å². The van der Waals surface area contributed by atoms with Crippen molar-refractivity contribution in [2.45, 2.75) is 0 Å². The molecule has 0 atom stereocenters. The summed E-state index contributed by atoms with van der Waals surface area (Å²) in [5.41, 5.74) is 15.6. The van der Waals surface area contributed by atoms with Crippen molar-refractivity contribution in [2.75, 3.05) is 0 Å². The van der Waals surface area contributed by atoms with Crippen LogP contribution in [0.2, 0.25) is 0 Å². The van der Waals surface area contributed by atoms with Crippen LogP contribution in [-0.4, -0.2) is 6.71 Å². The zero-order chi connectivity index (χ0) is 38.2. The van der Waals surface area contributed by atoms with E-state index in [0.717, 1.165) is 118 Å². The van der Waals surface area contributed by atoms with Gasteiger partial charge in [0, 0.05) is 49.8 Å². The molecule has 0 unspecified atom stereocenters. The SMILES string of the molecule is c1ccc(-c2cc(-c3ccccc3)c3c4c2Oc2c(-c5ccccc5)cc(-c5ccccc5)c5c2B4c2c(c(-c4ccccc4)cc(-c4ccccc4)c2O5)O3)cc1. The third-order valence-electron chi connectivity index (χ3n) is 11.8. The highest BCUT2D eigenvalue weighted by atomic mass is 16.5. The lowest BCUT2D eigenvalue weighted by atomic mass is 9.33. The van der Waals surface area contributed by atoms with Gasteiger partial charge in [-0.15, -0.1) is 0 Å². The van der Waals surface area contributed by atoms with Gasteiger partial charge < -0.3 is 14.2 Å².